The molecule has 0 bridgehead atoms. The van der Waals surface area contributed by atoms with Gasteiger partial charge in [0.15, 0.2) is 17.7 Å². The molecule has 30 heavy (non-hydrogen) atoms. The van der Waals surface area contributed by atoms with Crippen molar-refractivity contribution in [2.45, 2.75) is 6.04 Å². The van der Waals surface area contributed by atoms with Gasteiger partial charge in [0.1, 0.15) is 5.82 Å². The molecule has 0 aromatic heterocycles. The number of anilines is 1. The summed E-state index contributed by atoms with van der Waals surface area (Å²) in [4.78, 5) is 28.7. The van der Waals surface area contributed by atoms with Crippen molar-refractivity contribution in [2.75, 3.05) is 5.32 Å². The first kappa shape index (κ1) is 19.4. The Hall–Kier alpha value is -3.94. The first-order chi connectivity index (χ1) is 14.4. The number of nitrogens with one attached hydrogen (secondary N) is 1. The second-order valence-corrected chi connectivity index (χ2v) is 6.59. The van der Waals surface area contributed by atoms with E-state index in [-0.39, 0.29) is 5.71 Å². The van der Waals surface area contributed by atoms with Crippen molar-refractivity contribution >= 4 is 23.2 Å². The van der Waals surface area contributed by atoms with E-state index in [1.807, 2.05) is 0 Å². The van der Waals surface area contributed by atoms with Gasteiger partial charge in [-0.1, -0.05) is 48.5 Å². The molecule has 1 atom stereocenters. The molecule has 5 nitrogen and oxygen atoms in total. The largest absolute Gasteiger partial charge is 0.366 e. The lowest BCUT2D eigenvalue weighted by Gasteiger charge is -2.15. The second kappa shape index (κ2) is 7.47. The van der Waals surface area contributed by atoms with Crippen molar-refractivity contribution in [1.29, 1.82) is 0 Å². The molecule has 0 saturated heterocycles. The van der Waals surface area contributed by atoms with Crippen LogP contribution in [0, 0.1) is 17.5 Å². The lowest BCUT2D eigenvalue weighted by molar-refractivity contribution is -0.117. The zero-order chi connectivity index (χ0) is 21.4. The summed E-state index contributed by atoms with van der Waals surface area (Å²) in [5.74, 6) is -6.72. The lowest BCUT2D eigenvalue weighted by atomic mass is 9.99. The molecule has 4 rings (SSSR count). The van der Waals surface area contributed by atoms with Crippen LogP contribution in [0.4, 0.5) is 18.9 Å². The summed E-state index contributed by atoms with van der Waals surface area (Å²) >= 11 is 0. The highest BCUT2D eigenvalue weighted by Crippen LogP contribution is 2.34. The summed E-state index contributed by atoms with van der Waals surface area (Å²) in [5.41, 5.74) is 4.98. The Morgan fingerprint density at radius 3 is 2.33 bits per heavy atom. The third kappa shape index (κ3) is 3.22. The summed E-state index contributed by atoms with van der Waals surface area (Å²) < 4.78 is 43.7. The van der Waals surface area contributed by atoms with E-state index in [1.54, 1.807) is 54.6 Å². The van der Waals surface area contributed by atoms with Crippen LogP contribution < -0.4 is 11.1 Å². The summed E-state index contributed by atoms with van der Waals surface area (Å²) in [6.07, 6.45) is 0. The number of benzene rings is 3. The highest BCUT2D eigenvalue weighted by Gasteiger charge is 2.34. The van der Waals surface area contributed by atoms with Gasteiger partial charge in [-0.25, -0.2) is 13.2 Å². The summed E-state index contributed by atoms with van der Waals surface area (Å²) in [6.45, 7) is 0. The standard InChI is InChI=1S/C22H14F3N3O2/c23-14-10-13(21(26)29)17(24)16(18(14)25)20-22(30)27-15-9-5-4-8-12(15)19(28-20)11-6-2-1-3-7-11/h1-10,20H,(H2,26,29)(H,27,30)/t20-/m0/s1. The van der Waals surface area contributed by atoms with Crippen LogP contribution in [0.3, 0.4) is 0 Å². The number of carbonyl (C=O) groups excluding carboxylic acids is 2. The minimum Gasteiger partial charge on any atom is -0.366 e. The van der Waals surface area contributed by atoms with Crippen molar-refractivity contribution in [3.8, 4) is 0 Å². The van der Waals surface area contributed by atoms with Gasteiger partial charge in [0.25, 0.3) is 11.8 Å². The first-order valence-corrected chi connectivity index (χ1v) is 8.89. The zero-order valence-corrected chi connectivity index (χ0v) is 15.3. The fraction of sp³-hybridized carbons (Fsp3) is 0.0455. The van der Waals surface area contributed by atoms with Crippen LogP contribution in [0.2, 0.25) is 0 Å². The molecule has 1 aliphatic rings. The Labute approximate surface area is 169 Å². The molecule has 0 saturated carbocycles. The third-order valence-electron chi connectivity index (χ3n) is 4.72. The number of hydrogen-bond acceptors (Lipinski definition) is 3. The number of rotatable bonds is 3. The van der Waals surface area contributed by atoms with Gasteiger partial charge in [-0.15, -0.1) is 0 Å². The first-order valence-electron chi connectivity index (χ1n) is 8.89. The topological polar surface area (TPSA) is 84.6 Å². The number of para-hydroxylation sites is 1. The number of nitrogens with zero attached hydrogens (tertiary/aromatic N) is 1. The van der Waals surface area contributed by atoms with Crippen LogP contribution in [-0.2, 0) is 4.79 Å². The smallest absolute Gasteiger partial charge is 0.254 e. The van der Waals surface area contributed by atoms with Gasteiger partial charge in [0.05, 0.1) is 22.5 Å². The maximum Gasteiger partial charge on any atom is 0.254 e. The van der Waals surface area contributed by atoms with E-state index in [9.17, 15) is 22.8 Å². The Kier molecular flexibility index (Phi) is 4.83. The monoisotopic (exact) mass is 409 g/mol. The molecule has 1 heterocycles. The van der Waals surface area contributed by atoms with Crippen LogP contribution in [0.15, 0.2) is 65.7 Å². The van der Waals surface area contributed by atoms with Gasteiger partial charge in [0, 0.05) is 11.1 Å². The van der Waals surface area contributed by atoms with Gasteiger partial charge < -0.3 is 11.1 Å². The maximum absolute atomic E-state index is 15.0. The summed E-state index contributed by atoms with van der Waals surface area (Å²) in [5, 5.41) is 2.57. The molecule has 0 spiro atoms. The normalized spacial score (nSPS) is 15.6. The van der Waals surface area contributed by atoms with E-state index in [0.29, 0.717) is 22.9 Å². The van der Waals surface area contributed by atoms with E-state index in [2.05, 4.69) is 10.3 Å². The molecule has 3 N–H and O–H groups in total. The molecule has 2 amide bonds. The number of aliphatic imine (C=N–C) groups is 1. The number of nitrogens with two attached hydrogens (primary N) is 1. The van der Waals surface area contributed by atoms with Gasteiger partial charge in [-0.05, 0) is 12.1 Å². The number of hydrogen-bond donors (Lipinski definition) is 2. The van der Waals surface area contributed by atoms with Crippen molar-refractivity contribution in [1.82, 2.24) is 0 Å². The molecule has 3 aromatic carbocycles. The molecule has 0 fully saturated rings. The molecular formula is C22H14F3N3O2. The van der Waals surface area contributed by atoms with Crippen molar-refractivity contribution in [3.05, 3.63) is 100 Å². The van der Waals surface area contributed by atoms with E-state index in [1.165, 1.54) is 0 Å². The van der Waals surface area contributed by atoms with E-state index < -0.39 is 46.4 Å². The van der Waals surface area contributed by atoms with Crippen LogP contribution >= 0.6 is 0 Å². The van der Waals surface area contributed by atoms with Crippen LogP contribution in [0.1, 0.15) is 33.1 Å². The molecule has 0 radical (unpaired) electrons. The van der Waals surface area contributed by atoms with E-state index >= 15 is 0 Å². The fourth-order valence-electron chi connectivity index (χ4n) is 3.32. The van der Waals surface area contributed by atoms with E-state index in [4.69, 9.17) is 5.73 Å². The van der Waals surface area contributed by atoms with Gasteiger partial charge in [-0.2, -0.15) is 0 Å². The van der Waals surface area contributed by atoms with E-state index in [0.717, 1.165) is 0 Å². The average molecular weight is 409 g/mol. The predicted molar refractivity (Wildman–Crippen MR) is 105 cm³/mol. The Morgan fingerprint density at radius 1 is 0.967 bits per heavy atom. The SMILES string of the molecule is NC(=O)c1cc(F)c(F)c([C@@H]2N=C(c3ccccc3)c3ccccc3NC2=O)c1F. The molecule has 150 valence electrons. The number of primary amides is 1. The number of carbonyl (C=O) groups is 2. The molecule has 0 unspecified atom stereocenters. The van der Waals surface area contributed by atoms with Gasteiger partial charge in [-0.3, -0.25) is 14.6 Å². The summed E-state index contributed by atoms with van der Waals surface area (Å²) in [7, 11) is 0. The Balaban J connectivity index is 2.00. The Bertz CT molecular complexity index is 1210. The zero-order valence-electron chi connectivity index (χ0n) is 15.3. The average Bonchev–Trinajstić information content (AvgIpc) is 2.88. The maximum atomic E-state index is 15.0. The number of benzodiazepines with no additional fused rings is 1. The van der Waals surface area contributed by atoms with Gasteiger partial charge in [0.2, 0.25) is 0 Å². The quantitative estimate of drug-likeness (QED) is 0.646. The highest BCUT2D eigenvalue weighted by molar-refractivity contribution is 6.19. The minimum atomic E-state index is -1.79. The molecule has 0 aliphatic carbocycles. The van der Waals surface area contributed by atoms with Crippen molar-refractivity contribution in [3.63, 3.8) is 0 Å². The van der Waals surface area contributed by atoms with Crippen molar-refractivity contribution < 1.29 is 22.8 Å². The number of fused-ring (bicyclic) bond motifs is 1. The lowest BCUT2D eigenvalue weighted by Crippen LogP contribution is -2.24. The molecule has 8 heteroatoms. The fourth-order valence-corrected chi connectivity index (χ4v) is 3.32. The van der Waals surface area contributed by atoms with Gasteiger partial charge >= 0.3 is 0 Å². The molecular weight excluding hydrogens is 395 g/mol. The van der Waals surface area contributed by atoms with Crippen LogP contribution in [-0.4, -0.2) is 17.5 Å². The minimum absolute atomic E-state index is 0.276. The summed E-state index contributed by atoms with van der Waals surface area (Å²) in [6, 6.07) is 14.0. The van der Waals surface area contributed by atoms with Crippen LogP contribution in [0.5, 0.6) is 0 Å². The molecule has 1 aliphatic heterocycles. The second-order valence-electron chi connectivity index (χ2n) is 6.59. The Morgan fingerprint density at radius 2 is 1.63 bits per heavy atom. The van der Waals surface area contributed by atoms with Crippen molar-refractivity contribution in [2.24, 2.45) is 10.7 Å². The van der Waals surface area contributed by atoms with Crippen LogP contribution in [0.25, 0.3) is 0 Å². The number of halogens is 3. The highest BCUT2D eigenvalue weighted by atomic mass is 19.2. The predicted octanol–water partition coefficient (Wildman–Crippen LogP) is 3.73. The number of amides is 2. The molecule has 3 aromatic rings. The third-order valence-corrected chi connectivity index (χ3v) is 4.72.